The van der Waals surface area contributed by atoms with E-state index in [9.17, 15) is 9.59 Å². The predicted molar refractivity (Wildman–Crippen MR) is 152 cm³/mol. The van der Waals surface area contributed by atoms with Crippen molar-refractivity contribution in [1.29, 1.82) is 0 Å². The van der Waals surface area contributed by atoms with Gasteiger partial charge in [0.1, 0.15) is 12.8 Å². The minimum absolute atomic E-state index is 0.0720. The zero-order valence-corrected chi connectivity index (χ0v) is 22.5. The number of benzene rings is 3. The highest BCUT2D eigenvalue weighted by atomic mass is 16.5. The molecule has 0 aromatic heterocycles. The Kier molecular flexibility index (Phi) is 7.49. The highest BCUT2D eigenvalue weighted by Gasteiger charge is 2.41. The predicted octanol–water partition coefficient (Wildman–Crippen LogP) is 4.15. The first kappa shape index (κ1) is 26.0. The molecule has 40 heavy (non-hydrogen) atoms. The average molecular weight is 536 g/mol. The Morgan fingerprint density at radius 1 is 0.875 bits per heavy atom. The molecule has 204 valence electrons. The Balaban J connectivity index is 1.60. The maximum atomic E-state index is 14.9. The molecule has 0 radical (unpaired) electrons. The minimum atomic E-state index is -0.478. The number of hydrogen-bond donors (Lipinski definition) is 2. The molecule has 2 atom stereocenters. The van der Waals surface area contributed by atoms with Crippen molar-refractivity contribution in [3.05, 3.63) is 130 Å². The number of nitrogens with zero attached hydrogens (tertiary/aromatic N) is 1. The topological polar surface area (TPSA) is 79.9 Å². The summed E-state index contributed by atoms with van der Waals surface area (Å²) in [6.45, 7) is 2.85. The van der Waals surface area contributed by atoms with Crippen LogP contribution < -0.4 is 10.9 Å². The molecular formula is C33H33N3O4. The van der Waals surface area contributed by atoms with E-state index in [4.69, 9.17) is 9.47 Å². The maximum Gasteiger partial charge on any atom is 0.256 e. The van der Waals surface area contributed by atoms with E-state index in [1.165, 1.54) is 6.08 Å². The van der Waals surface area contributed by atoms with E-state index in [0.717, 1.165) is 40.7 Å². The number of ketones is 1. The van der Waals surface area contributed by atoms with Crippen molar-refractivity contribution in [1.82, 2.24) is 15.8 Å². The minimum Gasteiger partial charge on any atom is -0.484 e. The summed E-state index contributed by atoms with van der Waals surface area (Å²) in [5.41, 5.74) is 11.7. The van der Waals surface area contributed by atoms with Crippen LogP contribution in [0.5, 0.6) is 0 Å². The van der Waals surface area contributed by atoms with Crippen LogP contribution in [0.3, 0.4) is 0 Å². The summed E-state index contributed by atoms with van der Waals surface area (Å²) >= 11 is 0. The van der Waals surface area contributed by atoms with Crippen LogP contribution in [0.15, 0.2) is 102 Å². The fourth-order valence-electron chi connectivity index (χ4n) is 5.95. The number of amides is 1. The lowest BCUT2D eigenvalue weighted by molar-refractivity contribution is -0.144. The average Bonchev–Trinajstić information content (AvgIpc) is 3.14. The molecule has 7 nitrogen and oxygen atoms in total. The Hall–Kier alpha value is -4.20. The first-order valence-corrected chi connectivity index (χ1v) is 13.8. The fourth-order valence-corrected chi connectivity index (χ4v) is 5.95. The van der Waals surface area contributed by atoms with Gasteiger partial charge in [-0.05, 0) is 47.6 Å². The van der Waals surface area contributed by atoms with Gasteiger partial charge in [-0.15, -0.1) is 0 Å². The third-order valence-corrected chi connectivity index (χ3v) is 7.86. The summed E-state index contributed by atoms with van der Waals surface area (Å²) in [4.78, 5) is 30.6. The maximum absolute atomic E-state index is 14.9. The summed E-state index contributed by atoms with van der Waals surface area (Å²) in [5, 5.41) is 0. The third-order valence-electron chi connectivity index (χ3n) is 7.86. The number of carbonyl (C=O) groups excluding carboxylic acids is 2. The lowest BCUT2D eigenvalue weighted by atomic mass is 9.80. The van der Waals surface area contributed by atoms with Gasteiger partial charge in [0.15, 0.2) is 5.76 Å². The summed E-state index contributed by atoms with van der Waals surface area (Å²) < 4.78 is 12.2. The highest BCUT2D eigenvalue weighted by Crippen LogP contribution is 2.42. The summed E-state index contributed by atoms with van der Waals surface area (Å²) in [6.07, 6.45) is 4.23. The molecule has 1 saturated heterocycles. The fraction of sp³-hybridized carbons (Fsp3) is 0.273. The SMILES string of the molecule is C[C@@H]1COCC2NN/C=C\C(=O)/C(OCc3ccccc3)=C(\C3c4ccccc4CCc4ccccc43)C(=O)N21. The third kappa shape index (κ3) is 5.06. The van der Waals surface area contributed by atoms with E-state index in [1.54, 1.807) is 11.1 Å². The van der Waals surface area contributed by atoms with Gasteiger partial charge in [-0.3, -0.25) is 9.59 Å². The van der Waals surface area contributed by atoms with Crippen LogP contribution in [0.1, 0.15) is 40.7 Å². The van der Waals surface area contributed by atoms with Crippen molar-refractivity contribution >= 4 is 11.7 Å². The van der Waals surface area contributed by atoms with E-state index < -0.39 is 12.1 Å². The van der Waals surface area contributed by atoms with Gasteiger partial charge in [-0.25, -0.2) is 5.43 Å². The van der Waals surface area contributed by atoms with Gasteiger partial charge >= 0.3 is 0 Å². The van der Waals surface area contributed by atoms with E-state index in [-0.39, 0.29) is 30.1 Å². The van der Waals surface area contributed by atoms with Gasteiger partial charge in [0, 0.05) is 18.2 Å². The van der Waals surface area contributed by atoms with Crippen LogP contribution in [0, 0.1) is 0 Å². The second kappa shape index (κ2) is 11.5. The van der Waals surface area contributed by atoms with Crippen LogP contribution in [0.4, 0.5) is 0 Å². The van der Waals surface area contributed by atoms with E-state index in [0.29, 0.717) is 18.8 Å². The summed E-state index contributed by atoms with van der Waals surface area (Å²) in [6, 6.07) is 26.0. The van der Waals surface area contributed by atoms with Gasteiger partial charge in [-0.2, -0.15) is 0 Å². The lowest BCUT2D eigenvalue weighted by Gasteiger charge is -2.42. The molecule has 3 aromatic rings. The van der Waals surface area contributed by atoms with Gasteiger partial charge in [0.25, 0.3) is 5.91 Å². The number of fused-ring (bicyclic) bond motifs is 3. The molecule has 0 bridgehead atoms. The number of morpholine rings is 1. The van der Waals surface area contributed by atoms with Crippen LogP contribution >= 0.6 is 0 Å². The van der Waals surface area contributed by atoms with Crippen molar-refractivity contribution in [3.8, 4) is 0 Å². The molecule has 0 saturated carbocycles. The van der Waals surface area contributed by atoms with Gasteiger partial charge in [0.2, 0.25) is 5.78 Å². The molecule has 1 amide bonds. The molecule has 0 spiro atoms. The largest absolute Gasteiger partial charge is 0.484 e. The molecule has 2 N–H and O–H groups in total. The number of carbonyl (C=O) groups is 2. The van der Waals surface area contributed by atoms with Crippen LogP contribution in [-0.4, -0.2) is 42.0 Å². The van der Waals surface area contributed by atoms with Crippen LogP contribution in [-0.2, 0) is 38.5 Å². The first-order chi connectivity index (χ1) is 19.6. The molecular weight excluding hydrogens is 502 g/mol. The molecule has 1 fully saturated rings. The van der Waals surface area contributed by atoms with Gasteiger partial charge in [-0.1, -0.05) is 78.9 Å². The smallest absolute Gasteiger partial charge is 0.256 e. The Morgan fingerprint density at radius 3 is 2.23 bits per heavy atom. The van der Waals surface area contributed by atoms with Crippen LogP contribution in [0.2, 0.25) is 0 Å². The van der Waals surface area contributed by atoms with E-state index in [1.807, 2.05) is 61.5 Å². The van der Waals surface area contributed by atoms with Crippen LogP contribution in [0.25, 0.3) is 0 Å². The van der Waals surface area contributed by atoms with Crippen molar-refractivity contribution in [2.24, 2.45) is 0 Å². The van der Waals surface area contributed by atoms with E-state index in [2.05, 4.69) is 35.1 Å². The molecule has 6 rings (SSSR count). The van der Waals surface area contributed by atoms with Gasteiger partial charge < -0.3 is 19.8 Å². The normalized spacial score (nSPS) is 24.2. The number of ether oxygens (including phenoxy) is 2. The number of aryl methyl sites for hydroxylation is 2. The highest BCUT2D eigenvalue weighted by molar-refractivity contribution is 6.10. The molecule has 3 aromatic carbocycles. The second-order valence-electron chi connectivity index (χ2n) is 10.4. The van der Waals surface area contributed by atoms with Crippen molar-refractivity contribution in [2.45, 2.75) is 44.5 Å². The molecule has 7 heteroatoms. The molecule has 2 aliphatic heterocycles. The van der Waals surface area contributed by atoms with Crippen molar-refractivity contribution in [3.63, 3.8) is 0 Å². The van der Waals surface area contributed by atoms with E-state index >= 15 is 0 Å². The number of nitrogens with one attached hydrogen (secondary N) is 2. The zero-order chi connectivity index (χ0) is 27.5. The molecule has 1 aliphatic carbocycles. The monoisotopic (exact) mass is 535 g/mol. The number of hydrazine groups is 1. The number of rotatable bonds is 4. The quantitative estimate of drug-likeness (QED) is 0.523. The standard InChI is InChI=1S/C33H33N3O4/c1-22-19-39-21-29-35-34-18-17-28(37)32(40-20-23-9-3-2-4-10-23)31(33(38)36(22)29)30-26-13-7-5-11-24(26)15-16-25-12-6-8-14-27(25)30/h2-14,17-18,22,29-30,34-35H,15-16,19-21H2,1H3/b18-17-,32-31-/t22-,29?/m1/s1. The summed E-state index contributed by atoms with van der Waals surface area (Å²) in [7, 11) is 0. The molecule has 3 aliphatic rings. The second-order valence-corrected chi connectivity index (χ2v) is 10.4. The molecule has 1 unspecified atom stereocenters. The first-order valence-electron chi connectivity index (χ1n) is 13.8. The Bertz CT molecular complexity index is 1420. The lowest BCUT2D eigenvalue weighted by Crippen LogP contribution is -2.62. The van der Waals surface area contributed by atoms with Crippen molar-refractivity contribution in [2.75, 3.05) is 13.2 Å². The Labute approximate surface area is 234 Å². The van der Waals surface area contributed by atoms with Gasteiger partial charge in [0.05, 0.1) is 24.8 Å². The molecule has 2 heterocycles. The zero-order valence-electron chi connectivity index (χ0n) is 22.5. The number of hydrogen-bond acceptors (Lipinski definition) is 6. The van der Waals surface area contributed by atoms with Crippen molar-refractivity contribution < 1.29 is 19.1 Å². The number of allylic oxidation sites excluding steroid dienone is 1. The Morgan fingerprint density at radius 2 is 1.52 bits per heavy atom. The summed E-state index contributed by atoms with van der Waals surface area (Å²) in [5.74, 6) is -1.01.